The van der Waals surface area contributed by atoms with Crippen LogP contribution in [0.3, 0.4) is 0 Å². The second kappa shape index (κ2) is 5.86. The van der Waals surface area contributed by atoms with Crippen LogP contribution in [-0.4, -0.2) is 11.1 Å². The first-order valence-electron chi connectivity index (χ1n) is 5.83. The fourth-order valence-corrected chi connectivity index (χ4v) is 3.28. The lowest BCUT2D eigenvalue weighted by atomic mass is 10.3. The van der Waals surface area contributed by atoms with E-state index >= 15 is 0 Å². The van der Waals surface area contributed by atoms with E-state index in [1.807, 2.05) is 22.6 Å². The Kier molecular flexibility index (Phi) is 4.10. The Bertz CT molecular complexity index is 771. The molecule has 0 aliphatic carbocycles. The maximum absolute atomic E-state index is 12.4. The monoisotopic (exact) mass is 431 g/mol. The van der Waals surface area contributed by atoms with Gasteiger partial charge in [-0.05, 0) is 64.7 Å². The van der Waals surface area contributed by atoms with Gasteiger partial charge >= 0.3 is 0 Å². The minimum Gasteiger partial charge on any atom is -0.451 e. The molecule has 1 aromatic heterocycles. The minimum absolute atomic E-state index is 0.325. The molecule has 0 radical (unpaired) electrons. The summed E-state index contributed by atoms with van der Waals surface area (Å²) in [5.41, 5.74) is 0.461. The molecule has 2 amide bonds. The molecule has 7 heteroatoms. The van der Waals surface area contributed by atoms with E-state index in [9.17, 15) is 9.59 Å². The number of nitrogens with zero attached hydrogens (tertiary/aromatic N) is 1. The van der Waals surface area contributed by atoms with Crippen LogP contribution in [-0.2, 0) is 4.79 Å². The normalized spacial score (nSPS) is 17.0. The SMILES string of the molecule is O=C1SC(=Cc2ccc(I)o2)C(=O)N1c1cccc(Cl)c1. The van der Waals surface area contributed by atoms with Gasteiger partial charge in [-0.2, -0.15) is 0 Å². The molecule has 2 heterocycles. The lowest BCUT2D eigenvalue weighted by molar-refractivity contribution is -0.113. The Morgan fingerprint density at radius 3 is 2.71 bits per heavy atom. The topological polar surface area (TPSA) is 50.5 Å². The Labute approximate surface area is 143 Å². The van der Waals surface area contributed by atoms with E-state index in [0.29, 0.717) is 25.1 Å². The van der Waals surface area contributed by atoms with Crippen LogP contribution < -0.4 is 4.90 Å². The van der Waals surface area contributed by atoms with Crippen LogP contribution in [0.2, 0.25) is 5.02 Å². The third kappa shape index (κ3) is 3.02. The van der Waals surface area contributed by atoms with Gasteiger partial charge in [0.05, 0.1) is 10.6 Å². The summed E-state index contributed by atoms with van der Waals surface area (Å²) in [7, 11) is 0. The lowest BCUT2D eigenvalue weighted by Crippen LogP contribution is -2.27. The van der Waals surface area contributed by atoms with Crippen molar-refractivity contribution < 1.29 is 14.0 Å². The van der Waals surface area contributed by atoms with Crippen molar-refractivity contribution in [2.75, 3.05) is 4.90 Å². The molecule has 1 aliphatic heterocycles. The Hall–Kier alpha value is -1.25. The number of halogens is 2. The molecule has 4 nitrogen and oxygen atoms in total. The number of carbonyl (C=O) groups excluding carboxylic acids is 2. The third-order valence-electron chi connectivity index (χ3n) is 2.73. The summed E-state index contributed by atoms with van der Waals surface area (Å²) in [4.78, 5) is 25.9. The van der Waals surface area contributed by atoms with Crippen LogP contribution in [0.25, 0.3) is 6.08 Å². The highest BCUT2D eigenvalue weighted by atomic mass is 127. The molecule has 2 aromatic rings. The van der Waals surface area contributed by atoms with E-state index in [0.717, 1.165) is 16.7 Å². The van der Waals surface area contributed by atoms with Gasteiger partial charge < -0.3 is 4.42 Å². The molecular formula is C14H7ClINO3S. The van der Waals surface area contributed by atoms with Crippen molar-refractivity contribution in [3.8, 4) is 0 Å². The highest BCUT2D eigenvalue weighted by Crippen LogP contribution is 2.36. The van der Waals surface area contributed by atoms with E-state index in [2.05, 4.69) is 0 Å². The number of rotatable bonds is 2. The first-order valence-corrected chi connectivity index (χ1v) is 8.11. The zero-order chi connectivity index (χ0) is 15.0. The molecule has 0 saturated carbocycles. The molecule has 1 fully saturated rings. The van der Waals surface area contributed by atoms with Crippen molar-refractivity contribution in [1.82, 2.24) is 0 Å². The van der Waals surface area contributed by atoms with Crippen molar-refractivity contribution in [2.45, 2.75) is 0 Å². The Morgan fingerprint density at radius 2 is 2.05 bits per heavy atom. The van der Waals surface area contributed by atoms with Gasteiger partial charge in [-0.3, -0.25) is 9.59 Å². The minimum atomic E-state index is -0.376. The molecule has 1 aromatic carbocycles. The average molecular weight is 432 g/mol. The Balaban J connectivity index is 1.94. The van der Waals surface area contributed by atoms with E-state index in [1.54, 1.807) is 42.5 Å². The maximum Gasteiger partial charge on any atom is 0.298 e. The third-order valence-corrected chi connectivity index (χ3v) is 4.41. The van der Waals surface area contributed by atoms with Gasteiger partial charge in [0.2, 0.25) is 0 Å². The first kappa shape index (κ1) is 14.7. The number of benzene rings is 1. The fraction of sp³-hybridized carbons (Fsp3) is 0. The number of amides is 2. The fourth-order valence-electron chi connectivity index (χ4n) is 1.84. The van der Waals surface area contributed by atoms with Gasteiger partial charge in [-0.1, -0.05) is 17.7 Å². The van der Waals surface area contributed by atoms with Gasteiger partial charge in [0, 0.05) is 11.1 Å². The number of imide groups is 1. The van der Waals surface area contributed by atoms with Crippen molar-refractivity contribution in [3.63, 3.8) is 0 Å². The first-order chi connectivity index (χ1) is 10.0. The van der Waals surface area contributed by atoms with Crippen molar-refractivity contribution >= 4 is 68.9 Å². The van der Waals surface area contributed by atoms with Crippen LogP contribution in [0.4, 0.5) is 10.5 Å². The molecule has 0 unspecified atom stereocenters. The Morgan fingerprint density at radius 1 is 1.24 bits per heavy atom. The van der Waals surface area contributed by atoms with Crippen LogP contribution >= 0.6 is 46.0 Å². The van der Waals surface area contributed by atoms with E-state index in [1.165, 1.54) is 0 Å². The standard InChI is InChI=1S/C14H7ClINO3S/c15-8-2-1-3-9(6-8)17-13(18)11(21-14(17)19)7-10-4-5-12(16)20-10/h1-7H. The van der Waals surface area contributed by atoms with E-state index < -0.39 is 0 Å². The van der Waals surface area contributed by atoms with Crippen LogP contribution in [0, 0.1) is 3.77 Å². The number of carbonyl (C=O) groups is 2. The number of furan rings is 1. The summed E-state index contributed by atoms with van der Waals surface area (Å²) >= 11 is 8.81. The molecule has 1 saturated heterocycles. The number of hydrogen-bond donors (Lipinski definition) is 0. The van der Waals surface area contributed by atoms with Gasteiger partial charge in [0.25, 0.3) is 11.1 Å². The summed E-state index contributed by atoms with van der Waals surface area (Å²) in [5.74, 6) is 0.162. The van der Waals surface area contributed by atoms with Gasteiger partial charge in [-0.15, -0.1) is 0 Å². The highest BCUT2D eigenvalue weighted by Gasteiger charge is 2.36. The van der Waals surface area contributed by atoms with Crippen LogP contribution in [0.15, 0.2) is 45.7 Å². The number of hydrogen-bond acceptors (Lipinski definition) is 4. The molecule has 1 aliphatic rings. The van der Waals surface area contributed by atoms with Gasteiger partial charge in [0.15, 0.2) is 3.77 Å². The van der Waals surface area contributed by atoms with Crippen molar-refractivity contribution in [3.05, 3.63) is 55.9 Å². The summed E-state index contributed by atoms with van der Waals surface area (Å²) in [6.45, 7) is 0. The summed E-state index contributed by atoms with van der Waals surface area (Å²) in [6.07, 6.45) is 1.57. The highest BCUT2D eigenvalue weighted by molar-refractivity contribution is 14.1. The molecule has 0 spiro atoms. The predicted octanol–water partition coefficient (Wildman–Crippen LogP) is 4.78. The molecule has 0 bridgehead atoms. The van der Waals surface area contributed by atoms with Gasteiger partial charge in [0.1, 0.15) is 5.76 Å². The molecule has 0 atom stereocenters. The van der Waals surface area contributed by atoms with Gasteiger partial charge in [-0.25, -0.2) is 4.90 Å². The second-order valence-electron chi connectivity index (χ2n) is 4.14. The molecule has 21 heavy (non-hydrogen) atoms. The predicted molar refractivity (Wildman–Crippen MR) is 91.3 cm³/mol. The number of anilines is 1. The van der Waals surface area contributed by atoms with Crippen LogP contribution in [0.1, 0.15) is 5.76 Å². The molecule has 106 valence electrons. The van der Waals surface area contributed by atoms with Crippen molar-refractivity contribution in [2.24, 2.45) is 0 Å². The molecule has 0 N–H and O–H groups in total. The van der Waals surface area contributed by atoms with Crippen molar-refractivity contribution in [1.29, 1.82) is 0 Å². The smallest absolute Gasteiger partial charge is 0.298 e. The summed E-state index contributed by atoms with van der Waals surface area (Å²) in [6, 6.07) is 10.2. The largest absolute Gasteiger partial charge is 0.451 e. The lowest BCUT2D eigenvalue weighted by Gasteiger charge is -2.12. The van der Waals surface area contributed by atoms with E-state index in [4.69, 9.17) is 16.0 Å². The zero-order valence-electron chi connectivity index (χ0n) is 10.4. The molecular weight excluding hydrogens is 425 g/mol. The maximum atomic E-state index is 12.4. The quantitative estimate of drug-likeness (QED) is 0.507. The zero-order valence-corrected chi connectivity index (χ0v) is 14.1. The summed E-state index contributed by atoms with van der Waals surface area (Å²) < 4.78 is 6.10. The average Bonchev–Trinajstić information content (AvgIpc) is 2.94. The number of thioether (sulfide) groups is 1. The summed E-state index contributed by atoms with van der Waals surface area (Å²) in [5, 5.41) is 0.117. The second-order valence-corrected chi connectivity index (χ2v) is 6.63. The molecule has 3 rings (SSSR count). The van der Waals surface area contributed by atoms with Crippen LogP contribution in [0.5, 0.6) is 0 Å². The van der Waals surface area contributed by atoms with E-state index in [-0.39, 0.29) is 11.1 Å².